The molecule has 0 radical (unpaired) electrons. The van der Waals surface area contributed by atoms with Crippen molar-refractivity contribution in [3.63, 3.8) is 0 Å². The Labute approximate surface area is 136 Å². The molecule has 0 amide bonds. The van der Waals surface area contributed by atoms with Gasteiger partial charge in [0, 0.05) is 12.2 Å². The summed E-state index contributed by atoms with van der Waals surface area (Å²) in [6.45, 7) is 0.727. The molecule has 0 spiro atoms. The largest absolute Gasteiger partial charge is 0.370 e. The molecule has 1 aromatic carbocycles. The van der Waals surface area contributed by atoms with Crippen LogP contribution >= 0.6 is 35.4 Å². The van der Waals surface area contributed by atoms with Crippen LogP contribution in [0.25, 0.3) is 0 Å². The van der Waals surface area contributed by atoms with Gasteiger partial charge in [0.05, 0.1) is 16.3 Å². The fourth-order valence-corrected chi connectivity index (χ4v) is 2.84. The second kappa shape index (κ2) is 6.27. The summed E-state index contributed by atoms with van der Waals surface area (Å²) in [6, 6.07) is 5.29. The molecule has 1 atom stereocenters. The molecule has 110 valence electrons. The quantitative estimate of drug-likeness (QED) is 0.677. The van der Waals surface area contributed by atoms with Crippen LogP contribution in [-0.2, 0) is 4.74 Å². The number of hydrogen-bond acceptors (Lipinski definition) is 4. The number of rotatable bonds is 3. The molecular formula is C13H12Cl2N4OS. The first-order valence-corrected chi connectivity index (χ1v) is 7.60. The molecule has 1 saturated heterocycles. The highest BCUT2D eigenvalue weighted by atomic mass is 35.5. The van der Waals surface area contributed by atoms with Crippen LogP contribution in [0, 0.1) is 4.77 Å². The molecule has 0 unspecified atom stereocenters. The summed E-state index contributed by atoms with van der Waals surface area (Å²) in [5, 5.41) is 12.3. The molecule has 0 aliphatic carbocycles. The van der Waals surface area contributed by atoms with Gasteiger partial charge in [-0.2, -0.15) is 14.9 Å². The molecule has 1 N–H and O–H groups in total. The lowest BCUT2D eigenvalue weighted by Crippen LogP contribution is -2.05. The molecule has 5 nitrogen and oxygen atoms in total. The van der Waals surface area contributed by atoms with Crippen LogP contribution in [0.1, 0.15) is 30.3 Å². The topological polar surface area (TPSA) is 55.2 Å². The van der Waals surface area contributed by atoms with Crippen molar-refractivity contribution in [2.75, 3.05) is 6.61 Å². The van der Waals surface area contributed by atoms with Gasteiger partial charge >= 0.3 is 0 Å². The Morgan fingerprint density at radius 1 is 1.43 bits per heavy atom. The van der Waals surface area contributed by atoms with Crippen molar-refractivity contribution < 1.29 is 4.74 Å². The normalized spacial score (nSPS) is 18.7. The zero-order valence-electron chi connectivity index (χ0n) is 10.9. The fraction of sp³-hybridized carbons (Fsp3) is 0.308. The van der Waals surface area contributed by atoms with Gasteiger partial charge in [0.2, 0.25) is 4.77 Å². The molecular weight excluding hydrogens is 331 g/mol. The SMILES string of the molecule is S=c1[nH]nc([C@H]2CCCO2)n1/N=C\c1c(Cl)cccc1Cl. The predicted molar refractivity (Wildman–Crippen MR) is 84.8 cm³/mol. The lowest BCUT2D eigenvalue weighted by atomic mass is 10.2. The van der Waals surface area contributed by atoms with Crippen molar-refractivity contribution in [2.24, 2.45) is 5.10 Å². The van der Waals surface area contributed by atoms with Gasteiger partial charge in [0.1, 0.15) is 6.10 Å². The minimum absolute atomic E-state index is 0.0863. The average molecular weight is 343 g/mol. The Bertz CT molecular complexity index is 714. The molecule has 2 aromatic rings. The maximum absolute atomic E-state index is 6.12. The van der Waals surface area contributed by atoms with Crippen LogP contribution in [-0.4, -0.2) is 27.7 Å². The highest BCUT2D eigenvalue weighted by Crippen LogP contribution is 2.27. The van der Waals surface area contributed by atoms with E-state index in [0.29, 0.717) is 26.2 Å². The van der Waals surface area contributed by atoms with E-state index >= 15 is 0 Å². The first kappa shape index (κ1) is 14.7. The number of hydrogen-bond donors (Lipinski definition) is 1. The third-order valence-electron chi connectivity index (χ3n) is 3.20. The van der Waals surface area contributed by atoms with Gasteiger partial charge in [-0.25, -0.2) is 0 Å². The summed E-state index contributed by atoms with van der Waals surface area (Å²) in [6.07, 6.45) is 3.40. The average Bonchev–Trinajstić information content (AvgIpc) is 3.08. The van der Waals surface area contributed by atoms with E-state index in [4.69, 9.17) is 40.2 Å². The van der Waals surface area contributed by atoms with E-state index < -0.39 is 0 Å². The van der Waals surface area contributed by atoms with E-state index in [1.807, 2.05) is 0 Å². The van der Waals surface area contributed by atoms with Crippen LogP contribution in [0.2, 0.25) is 10.0 Å². The zero-order valence-corrected chi connectivity index (χ0v) is 13.3. The summed E-state index contributed by atoms with van der Waals surface area (Å²) in [4.78, 5) is 0. The third-order valence-corrected chi connectivity index (χ3v) is 4.12. The summed E-state index contributed by atoms with van der Waals surface area (Å²) in [7, 11) is 0. The van der Waals surface area contributed by atoms with Gasteiger partial charge in [-0.1, -0.05) is 29.3 Å². The molecule has 2 heterocycles. The van der Waals surface area contributed by atoms with E-state index in [9.17, 15) is 0 Å². The van der Waals surface area contributed by atoms with Crippen molar-refractivity contribution >= 4 is 41.6 Å². The molecule has 1 aliphatic rings. The summed E-state index contributed by atoms with van der Waals surface area (Å²) >= 11 is 17.4. The fourth-order valence-electron chi connectivity index (χ4n) is 2.15. The summed E-state index contributed by atoms with van der Waals surface area (Å²) < 4.78 is 7.57. The first-order valence-electron chi connectivity index (χ1n) is 6.44. The first-order chi connectivity index (χ1) is 10.2. The Morgan fingerprint density at radius 2 is 2.19 bits per heavy atom. The van der Waals surface area contributed by atoms with Crippen molar-refractivity contribution in [3.05, 3.63) is 44.4 Å². The van der Waals surface area contributed by atoms with Crippen LogP contribution in [0.3, 0.4) is 0 Å². The molecule has 1 aromatic heterocycles. The number of H-pyrrole nitrogens is 1. The van der Waals surface area contributed by atoms with Gasteiger partial charge < -0.3 is 4.74 Å². The Kier molecular flexibility index (Phi) is 4.40. The number of aromatic amines is 1. The molecule has 21 heavy (non-hydrogen) atoms. The monoisotopic (exact) mass is 342 g/mol. The molecule has 1 fully saturated rings. The molecule has 3 rings (SSSR count). The lowest BCUT2D eigenvalue weighted by molar-refractivity contribution is 0.102. The number of nitrogens with zero attached hydrogens (tertiary/aromatic N) is 3. The number of ether oxygens (including phenoxy) is 1. The second-order valence-corrected chi connectivity index (χ2v) is 5.78. The predicted octanol–water partition coefficient (Wildman–Crippen LogP) is 3.98. The van der Waals surface area contributed by atoms with Gasteiger partial charge in [-0.15, -0.1) is 0 Å². The van der Waals surface area contributed by atoms with E-state index in [1.54, 1.807) is 29.1 Å². The maximum Gasteiger partial charge on any atom is 0.216 e. The van der Waals surface area contributed by atoms with Crippen molar-refractivity contribution in [2.45, 2.75) is 18.9 Å². The summed E-state index contributed by atoms with van der Waals surface area (Å²) in [5.74, 6) is 0.664. The van der Waals surface area contributed by atoms with E-state index in [2.05, 4.69) is 15.3 Å². The third kappa shape index (κ3) is 3.03. The Hall–Kier alpha value is -1.21. The van der Waals surface area contributed by atoms with Gasteiger partial charge in [-0.3, -0.25) is 5.10 Å². The Balaban J connectivity index is 1.96. The van der Waals surface area contributed by atoms with Gasteiger partial charge in [0.15, 0.2) is 5.82 Å². The van der Waals surface area contributed by atoms with Crippen molar-refractivity contribution in [1.29, 1.82) is 0 Å². The maximum atomic E-state index is 6.12. The minimum atomic E-state index is -0.0863. The smallest absolute Gasteiger partial charge is 0.216 e. The number of benzene rings is 1. The van der Waals surface area contributed by atoms with E-state index in [1.165, 1.54) is 0 Å². The lowest BCUT2D eigenvalue weighted by Gasteiger charge is -2.07. The molecule has 0 bridgehead atoms. The highest BCUT2D eigenvalue weighted by Gasteiger charge is 2.23. The highest BCUT2D eigenvalue weighted by molar-refractivity contribution is 7.71. The van der Waals surface area contributed by atoms with Crippen LogP contribution in [0.15, 0.2) is 23.3 Å². The van der Waals surface area contributed by atoms with Gasteiger partial charge in [-0.05, 0) is 37.2 Å². The van der Waals surface area contributed by atoms with E-state index in [-0.39, 0.29) is 6.10 Å². The van der Waals surface area contributed by atoms with Gasteiger partial charge in [0.25, 0.3) is 0 Å². The van der Waals surface area contributed by atoms with Crippen LogP contribution in [0.5, 0.6) is 0 Å². The van der Waals surface area contributed by atoms with Crippen molar-refractivity contribution in [3.8, 4) is 0 Å². The Morgan fingerprint density at radius 3 is 2.86 bits per heavy atom. The minimum Gasteiger partial charge on any atom is -0.370 e. The molecule has 0 saturated carbocycles. The molecule has 8 heteroatoms. The second-order valence-electron chi connectivity index (χ2n) is 4.58. The number of halogens is 2. The van der Waals surface area contributed by atoms with Crippen LogP contribution < -0.4 is 0 Å². The summed E-state index contributed by atoms with van der Waals surface area (Å²) in [5.41, 5.74) is 0.641. The van der Waals surface area contributed by atoms with Crippen molar-refractivity contribution in [1.82, 2.24) is 14.9 Å². The standard InChI is InChI=1S/C13H12Cl2N4OS/c14-9-3-1-4-10(15)8(9)7-16-19-12(17-18-13(19)21)11-5-2-6-20-11/h1,3-4,7,11H,2,5-6H2,(H,18,21)/b16-7-/t11-/m1/s1. The number of nitrogens with one attached hydrogen (secondary N) is 1. The molecule has 1 aliphatic heterocycles. The zero-order chi connectivity index (χ0) is 14.8. The van der Waals surface area contributed by atoms with Crippen LogP contribution in [0.4, 0.5) is 0 Å². The van der Waals surface area contributed by atoms with E-state index in [0.717, 1.165) is 19.4 Å². The number of aromatic nitrogens is 3.